The Morgan fingerprint density at radius 2 is 1.94 bits per heavy atom. The van der Waals surface area contributed by atoms with E-state index in [2.05, 4.69) is 20.3 Å². The smallest absolute Gasteiger partial charge is 0.160 e. The Kier molecular flexibility index (Phi) is 2.55. The van der Waals surface area contributed by atoms with Crippen LogP contribution in [0, 0.1) is 6.92 Å². The molecule has 0 unspecified atom stereocenters. The largest absolute Gasteiger partial charge is 0.393 e. The number of hydrogen-bond donors (Lipinski definition) is 3. The standard InChI is InChI=1S/C10H12N6/c1-6-2-3-7(13-4-6)16-10-8(11)9(12)14-5-15-10/h2-5H,11H2,1H3,(H3,12,13,14,15,16). The Morgan fingerprint density at radius 3 is 2.62 bits per heavy atom. The number of anilines is 4. The van der Waals surface area contributed by atoms with Gasteiger partial charge in [0.05, 0.1) is 0 Å². The predicted octanol–water partition coefficient (Wildman–Crippen LogP) is 1.09. The molecule has 0 aromatic carbocycles. The first kappa shape index (κ1) is 10.2. The first-order valence-corrected chi connectivity index (χ1v) is 4.72. The fourth-order valence-electron chi connectivity index (χ4n) is 1.17. The molecule has 16 heavy (non-hydrogen) atoms. The SMILES string of the molecule is Cc1ccc(Nc2ncnc(N)c2N)nc1. The molecule has 2 aromatic rings. The van der Waals surface area contributed by atoms with Gasteiger partial charge in [0.25, 0.3) is 0 Å². The summed E-state index contributed by atoms with van der Waals surface area (Å²) in [7, 11) is 0. The summed E-state index contributed by atoms with van der Waals surface area (Å²) in [6.45, 7) is 1.97. The number of nitrogens with two attached hydrogens (primary N) is 2. The maximum absolute atomic E-state index is 5.72. The molecule has 6 nitrogen and oxygen atoms in total. The monoisotopic (exact) mass is 216 g/mol. The van der Waals surface area contributed by atoms with E-state index in [1.165, 1.54) is 6.33 Å². The van der Waals surface area contributed by atoms with E-state index in [1.807, 2.05) is 19.1 Å². The molecule has 0 saturated carbocycles. The number of nitrogens with zero attached hydrogens (tertiary/aromatic N) is 3. The van der Waals surface area contributed by atoms with Crippen molar-refractivity contribution in [1.82, 2.24) is 15.0 Å². The molecule has 2 aromatic heterocycles. The molecule has 2 rings (SSSR count). The lowest BCUT2D eigenvalue weighted by molar-refractivity contribution is 1.16. The van der Waals surface area contributed by atoms with Crippen molar-refractivity contribution in [3.05, 3.63) is 30.2 Å². The van der Waals surface area contributed by atoms with Gasteiger partial charge in [-0.05, 0) is 18.6 Å². The molecule has 82 valence electrons. The molecule has 0 radical (unpaired) electrons. The van der Waals surface area contributed by atoms with E-state index in [-0.39, 0.29) is 5.82 Å². The number of nitrogen functional groups attached to an aromatic ring is 2. The van der Waals surface area contributed by atoms with Gasteiger partial charge in [0, 0.05) is 6.20 Å². The van der Waals surface area contributed by atoms with Crippen LogP contribution in [0.1, 0.15) is 5.56 Å². The van der Waals surface area contributed by atoms with Gasteiger partial charge in [-0.3, -0.25) is 0 Å². The van der Waals surface area contributed by atoms with Gasteiger partial charge in [-0.2, -0.15) is 0 Å². The summed E-state index contributed by atoms with van der Waals surface area (Å²) >= 11 is 0. The van der Waals surface area contributed by atoms with Crippen molar-refractivity contribution in [3.63, 3.8) is 0 Å². The minimum atomic E-state index is 0.254. The van der Waals surface area contributed by atoms with Gasteiger partial charge < -0.3 is 16.8 Å². The molecule has 0 aliphatic carbocycles. The lowest BCUT2D eigenvalue weighted by Gasteiger charge is -2.08. The van der Waals surface area contributed by atoms with E-state index < -0.39 is 0 Å². The highest BCUT2D eigenvalue weighted by Gasteiger charge is 2.05. The Morgan fingerprint density at radius 1 is 1.12 bits per heavy atom. The topological polar surface area (TPSA) is 103 Å². The number of hydrogen-bond acceptors (Lipinski definition) is 6. The van der Waals surface area contributed by atoms with Crippen LogP contribution in [0.4, 0.5) is 23.1 Å². The summed E-state index contributed by atoms with van der Waals surface area (Å²) in [6, 6.07) is 3.78. The van der Waals surface area contributed by atoms with Crippen LogP contribution in [0.25, 0.3) is 0 Å². The molecule has 0 aliphatic heterocycles. The van der Waals surface area contributed by atoms with E-state index in [0.717, 1.165) is 5.56 Å². The third kappa shape index (κ3) is 2.00. The third-order valence-corrected chi connectivity index (χ3v) is 2.07. The van der Waals surface area contributed by atoms with Crippen molar-refractivity contribution in [1.29, 1.82) is 0 Å². The second kappa shape index (κ2) is 4.01. The molecule has 2 heterocycles. The van der Waals surface area contributed by atoms with Crippen molar-refractivity contribution >= 4 is 23.1 Å². The minimum absolute atomic E-state index is 0.254. The van der Waals surface area contributed by atoms with E-state index >= 15 is 0 Å². The molecule has 0 fully saturated rings. The van der Waals surface area contributed by atoms with Crippen molar-refractivity contribution in [2.75, 3.05) is 16.8 Å². The summed E-state index contributed by atoms with van der Waals surface area (Å²) in [6.07, 6.45) is 3.10. The maximum Gasteiger partial charge on any atom is 0.160 e. The Bertz CT molecular complexity index is 493. The summed E-state index contributed by atoms with van der Waals surface area (Å²) in [5.74, 6) is 1.38. The maximum atomic E-state index is 5.72. The van der Waals surface area contributed by atoms with Crippen LogP contribution < -0.4 is 16.8 Å². The van der Waals surface area contributed by atoms with Gasteiger partial charge in [0.2, 0.25) is 0 Å². The molecule has 0 saturated heterocycles. The van der Waals surface area contributed by atoms with Crippen LogP contribution in [0.15, 0.2) is 24.7 Å². The molecular formula is C10H12N6. The Balaban J connectivity index is 2.27. The Hall–Kier alpha value is -2.37. The third-order valence-electron chi connectivity index (χ3n) is 2.07. The van der Waals surface area contributed by atoms with Gasteiger partial charge in [-0.15, -0.1) is 0 Å². The summed E-state index contributed by atoms with van der Waals surface area (Å²) in [4.78, 5) is 11.9. The Labute approximate surface area is 92.7 Å². The fourth-order valence-corrected chi connectivity index (χ4v) is 1.17. The average Bonchev–Trinajstić information content (AvgIpc) is 2.28. The average molecular weight is 216 g/mol. The molecule has 6 heteroatoms. The second-order valence-electron chi connectivity index (χ2n) is 3.37. The van der Waals surface area contributed by atoms with Gasteiger partial charge in [-0.25, -0.2) is 15.0 Å². The summed E-state index contributed by atoms with van der Waals surface area (Å²) in [5.41, 5.74) is 12.7. The van der Waals surface area contributed by atoms with Gasteiger partial charge in [0.15, 0.2) is 11.6 Å². The lowest BCUT2D eigenvalue weighted by atomic mass is 10.3. The first-order valence-electron chi connectivity index (χ1n) is 4.72. The van der Waals surface area contributed by atoms with Crippen LogP contribution in [0.3, 0.4) is 0 Å². The minimum Gasteiger partial charge on any atom is -0.393 e. The first-order chi connectivity index (χ1) is 7.66. The van der Waals surface area contributed by atoms with Crippen LogP contribution in [0.2, 0.25) is 0 Å². The van der Waals surface area contributed by atoms with Crippen LogP contribution in [-0.2, 0) is 0 Å². The zero-order valence-corrected chi connectivity index (χ0v) is 8.81. The predicted molar refractivity (Wildman–Crippen MR) is 63.1 cm³/mol. The zero-order valence-electron chi connectivity index (χ0n) is 8.81. The van der Waals surface area contributed by atoms with Crippen LogP contribution in [0.5, 0.6) is 0 Å². The van der Waals surface area contributed by atoms with Crippen molar-refractivity contribution < 1.29 is 0 Å². The number of aromatic nitrogens is 3. The lowest BCUT2D eigenvalue weighted by Crippen LogP contribution is -2.05. The van der Waals surface area contributed by atoms with Crippen molar-refractivity contribution in [2.45, 2.75) is 6.92 Å². The molecule has 0 aliphatic rings. The highest BCUT2D eigenvalue weighted by Crippen LogP contribution is 2.22. The van der Waals surface area contributed by atoms with Crippen LogP contribution in [-0.4, -0.2) is 15.0 Å². The normalized spacial score (nSPS) is 10.1. The molecule has 0 bridgehead atoms. The number of aryl methyl sites for hydroxylation is 1. The van der Waals surface area contributed by atoms with Crippen molar-refractivity contribution in [3.8, 4) is 0 Å². The zero-order chi connectivity index (χ0) is 11.5. The molecule has 0 spiro atoms. The van der Waals surface area contributed by atoms with Gasteiger partial charge in [-0.1, -0.05) is 6.07 Å². The molecule has 0 atom stereocenters. The fraction of sp³-hybridized carbons (Fsp3) is 0.100. The van der Waals surface area contributed by atoms with Crippen molar-refractivity contribution in [2.24, 2.45) is 0 Å². The number of pyridine rings is 1. The molecular weight excluding hydrogens is 204 g/mol. The summed E-state index contributed by atoms with van der Waals surface area (Å²) in [5, 5.41) is 2.97. The molecule has 0 amide bonds. The summed E-state index contributed by atoms with van der Waals surface area (Å²) < 4.78 is 0. The van der Waals surface area contributed by atoms with Crippen LogP contribution >= 0.6 is 0 Å². The van der Waals surface area contributed by atoms with Gasteiger partial charge in [0.1, 0.15) is 17.8 Å². The van der Waals surface area contributed by atoms with E-state index in [0.29, 0.717) is 17.3 Å². The van der Waals surface area contributed by atoms with E-state index in [4.69, 9.17) is 11.5 Å². The highest BCUT2D eigenvalue weighted by molar-refractivity contribution is 5.75. The molecule has 5 N–H and O–H groups in total. The number of nitrogens with one attached hydrogen (secondary N) is 1. The second-order valence-corrected chi connectivity index (χ2v) is 3.37. The quantitative estimate of drug-likeness (QED) is 0.694. The van der Waals surface area contributed by atoms with E-state index in [1.54, 1.807) is 6.20 Å². The highest BCUT2D eigenvalue weighted by atomic mass is 15.1. The van der Waals surface area contributed by atoms with Gasteiger partial charge >= 0.3 is 0 Å². The number of rotatable bonds is 2. The van der Waals surface area contributed by atoms with E-state index in [9.17, 15) is 0 Å².